The van der Waals surface area contributed by atoms with Gasteiger partial charge >= 0.3 is 0 Å². The van der Waals surface area contributed by atoms with Crippen molar-refractivity contribution >= 4 is 35.0 Å². The molecule has 4 heteroatoms. The maximum atomic E-state index is 13.0. The number of hydrogen-bond donors (Lipinski definition) is 0. The van der Waals surface area contributed by atoms with Crippen LogP contribution in [0.3, 0.4) is 0 Å². The molecule has 0 spiro atoms. The van der Waals surface area contributed by atoms with Gasteiger partial charge in [0.2, 0.25) is 0 Å². The lowest BCUT2D eigenvalue weighted by molar-refractivity contribution is 0.627. The van der Waals surface area contributed by atoms with Crippen molar-refractivity contribution in [3.63, 3.8) is 0 Å². The molecule has 0 aliphatic heterocycles. The Morgan fingerprint density at radius 2 is 2.14 bits per heavy atom. The molecule has 0 nitrogen and oxygen atoms in total. The summed E-state index contributed by atoms with van der Waals surface area (Å²) in [6.07, 6.45) is 0.988. The zero-order valence-corrected chi connectivity index (χ0v) is 9.93. The number of halogens is 3. The zero-order chi connectivity index (χ0) is 10.4. The van der Waals surface area contributed by atoms with Crippen LogP contribution < -0.4 is 0 Å². The maximum Gasteiger partial charge on any atom is 0.142 e. The third-order valence-electron chi connectivity index (χ3n) is 1.68. The van der Waals surface area contributed by atoms with E-state index in [1.807, 2.05) is 6.07 Å². The number of alkyl halides is 1. The molecule has 0 fully saturated rings. The molecule has 1 aromatic rings. The average molecular weight is 253 g/mol. The van der Waals surface area contributed by atoms with E-state index in [0.29, 0.717) is 5.88 Å². The lowest BCUT2D eigenvalue weighted by atomic mass is 10.2. The maximum absolute atomic E-state index is 13.0. The second kappa shape index (κ2) is 6.54. The first kappa shape index (κ1) is 12.2. The highest BCUT2D eigenvalue weighted by atomic mass is 35.5. The Balaban J connectivity index is 2.39. The van der Waals surface area contributed by atoms with Gasteiger partial charge in [0.15, 0.2) is 0 Å². The molecule has 0 radical (unpaired) electrons. The van der Waals surface area contributed by atoms with Crippen LogP contribution in [-0.2, 0) is 5.75 Å². The Morgan fingerprint density at radius 1 is 1.36 bits per heavy atom. The Labute approximate surface area is 97.8 Å². The van der Waals surface area contributed by atoms with Crippen molar-refractivity contribution in [3.8, 4) is 0 Å². The van der Waals surface area contributed by atoms with Crippen LogP contribution in [0, 0.1) is 5.82 Å². The second-order valence-corrected chi connectivity index (χ2v) is 4.73. The highest BCUT2D eigenvalue weighted by molar-refractivity contribution is 7.98. The summed E-state index contributed by atoms with van der Waals surface area (Å²) in [4.78, 5) is 0. The highest BCUT2D eigenvalue weighted by Gasteiger charge is 2.00. The lowest BCUT2D eigenvalue weighted by Crippen LogP contribution is -1.86. The number of thioether (sulfide) groups is 1. The average Bonchev–Trinajstić information content (AvgIpc) is 2.18. The van der Waals surface area contributed by atoms with Gasteiger partial charge in [-0.2, -0.15) is 11.8 Å². The molecule has 0 heterocycles. The Bertz CT molecular complexity index is 291. The molecule has 0 N–H and O–H groups in total. The van der Waals surface area contributed by atoms with Crippen LogP contribution in [0.15, 0.2) is 18.2 Å². The van der Waals surface area contributed by atoms with Gasteiger partial charge in [-0.3, -0.25) is 0 Å². The van der Waals surface area contributed by atoms with Crippen LogP contribution in [0.5, 0.6) is 0 Å². The number of hydrogen-bond acceptors (Lipinski definition) is 1. The minimum Gasteiger partial charge on any atom is -0.205 e. The molecule has 0 atom stereocenters. The van der Waals surface area contributed by atoms with Gasteiger partial charge in [0, 0.05) is 11.6 Å². The molecule has 0 amide bonds. The summed E-state index contributed by atoms with van der Waals surface area (Å²) in [6, 6.07) is 4.92. The van der Waals surface area contributed by atoms with Crippen molar-refractivity contribution in [2.75, 3.05) is 11.6 Å². The molecule has 1 aromatic carbocycles. The fourth-order valence-corrected chi connectivity index (χ4v) is 2.29. The summed E-state index contributed by atoms with van der Waals surface area (Å²) in [5.74, 6) is 2.16. The van der Waals surface area contributed by atoms with Gasteiger partial charge in [0.05, 0.1) is 5.02 Å². The van der Waals surface area contributed by atoms with Crippen LogP contribution in [-0.4, -0.2) is 11.6 Å². The van der Waals surface area contributed by atoms with Crippen LogP contribution in [0.4, 0.5) is 4.39 Å². The van der Waals surface area contributed by atoms with Crippen molar-refractivity contribution in [1.29, 1.82) is 0 Å². The van der Waals surface area contributed by atoms with Gasteiger partial charge < -0.3 is 0 Å². The summed E-state index contributed by atoms with van der Waals surface area (Å²) in [5.41, 5.74) is 0.964. The Hall–Kier alpha value is 0.0800. The fraction of sp³-hybridized carbons (Fsp3) is 0.400. The molecule has 1 rings (SSSR count). The lowest BCUT2D eigenvalue weighted by Gasteiger charge is -2.01. The van der Waals surface area contributed by atoms with Crippen LogP contribution in [0.2, 0.25) is 5.02 Å². The van der Waals surface area contributed by atoms with E-state index in [2.05, 4.69) is 0 Å². The van der Waals surface area contributed by atoms with E-state index < -0.39 is 0 Å². The van der Waals surface area contributed by atoms with E-state index in [-0.39, 0.29) is 10.8 Å². The van der Waals surface area contributed by atoms with Crippen molar-refractivity contribution in [1.82, 2.24) is 0 Å². The molecule has 0 aromatic heterocycles. The molecule has 0 unspecified atom stereocenters. The van der Waals surface area contributed by atoms with Gasteiger partial charge in [-0.05, 0) is 29.9 Å². The molecular weight excluding hydrogens is 242 g/mol. The molecule has 78 valence electrons. The first-order valence-electron chi connectivity index (χ1n) is 4.31. The second-order valence-electron chi connectivity index (χ2n) is 2.84. The first-order chi connectivity index (χ1) is 6.74. The van der Waals surface area contributed by atoms with E-state index in [1.54, 1.807) is 17.8 Å². The van der Waals surface area contributed by atoms with Crippen molar-refractivity contribution in [3.05, 3.63) is 34.6 Å². The first-order valence-corrected chi connectivity index (χ1v) is 6.38. The van der Waals surface area contributed by atoms with Gasteiger partial charge in [-0.25, -0.2) is 4.39 Å². The van der Waals surface area contributed by atoms with Crippen LogP contribution in [0.1, 0.15) is 12.0 Å². The van der Waals surface area contributed by atoms with E-state index in [1.165, 1.54) is 6.07 Å². The molecular formula is C10H11Cl2FS. The minimum absolute atomic E-state index is 0.180. The fourth-order valence-electron chi connectivity index (χ4n) is 0.976. The standard InChI is InChI=1S/C10H11Cl2FS/c11-4-1-5-14-7-8-2-3-9(12)10(13)6-8/h2-3,6H,1,4-5,7H2. The van der Waals surface area contributed by atoms with Crippen LogP contribution in [0.25, 0.3) is 0 Å². The Morgan fingerprint density at radius 3 is 2.79 bits per heavy atom. The van der Waals surface area contributed by atoms with Crippen molar-refractivity contribution < 1.29 is 4.39 Å². The number of benzene rings is 1. The minimum atomic E-state index is -0.345. The van der Waals surface area contributed by atoms with Gasteiger partial charge in [-0.15, -0.1) is 11.6 Å². The molecule has 0 aliphatic carbocycles. The van der Waals surface area contributed by atoms with E-state index >= 15 is 0 Å². The molecule has 0 aliphatic rings. The van der Waals surface area contributed by atoms with Crippen molar-refractivity contribution in [2.24, 2.45) is 0 Å². The summed E-state index contributed by atoms with van der Waals surface area (Å²) in [7, 11) is 0. The molecule has 0 saturated carbocycles. The van der Waals surface area contributed by atoms with E-state index in [9.17, 15) is 4.39 Å². The number of rotatable bonds is 5. The van der Waals surface area contributed by atoms with Crippen LogP contribution >= 0.6 is 35.0 Å². The predicted molar refractivity (Wildman–Crippen MR) is 62.9 cm³/mol. The monoisotopic (exact) mass is 252 g/mol. The molecule has 0 saturated heterocycles. The largest absolute Gasteiger partial charge is 0.205 e. The topological polar surface area (TPSA) is 0 Å². The normalized spacial score (nSPS) is 10.5. The summed E-state index contributed by atoms with van der Waals surface area (Å²) < 4.78 is 13.0. The Kier molecular flexibility index (Phi) is 5.68. The third kappa shape index (κ3) is 4.07. The smallest absolute Gasteiger partial charge is 0.142 e. The van der Waals surface area contributed by atoms with Crippen molar-refractivity contribution in [2.45, 2.75) is 12.2 Å². The SMILES string of the molecule is Fc1cc(CSCCCCl)ccc1Cl. The molecule has 14 heavy (non-hydrogen) atoms. The third-order valence-corrected chi connectivity index (χ3v) is 3.36. The predicted octanol–water partition coefficient (Wildman–Crippen LogP) is 4.34. The summed E-state index contributed by atoms with van der Waals surface area (Å²) in [5, 5.41) is 0.180. The van der Waals surface area contributed by atoms with E-state index in [0.717, 1.165) is 23.5 Å². The zero-order valence-electron chi connectivity index (χ0n) is 7.60. The highest BCUT2D eigenvalue weighted by Crippen LogP contribution is 2.19. The molecule has 0 bridgehead atoms. The quantitative estimate of drug-likeness (QED) is 0.555. The summed E-state index contributed by atoms with van der Waals surface area (Å²) in [6.45, 7) is 0. The summed E-state index contributed by atoms with van der Waals surface area (Å²) >= 11 is 12.9. The van der Waals surface area contributed by atoms with E-state index in [4.69, 9.17) is 23.2 Å². The van der Waals surface area contributed by atoms with Gasteiger partial charge in [0.1, 0.15) is 5.82 Å². The van der Waals surface area contributed by atoms with Gasteiger partial charge in [-0.1, -0.05) is 17.7 Å². The van der Waals surface area contributed by atoms with Gasteiger partial charge in [0.25, 0.3) is 0 Å².